The summed E-state index contributed by atoms with van der Waals surface area (Å²) in [5, 5.41) is 3.22. The summed E-state index contributed by atoms with van der Waals surface area (Å²) in [7, 11) is 1.86. The zero-order valence-electron chi connectivity index (χ0n) is 13.2. The van der Waals surface area contributed by atoms with Crippen molar-refractivity contribution in [1.29, 1.82) is 0 Å². The van der Waals surface area contributed by atoms with Gasteiger partial charge < -0.3 is 14.8 Å². The van der Waals surface area contributed by atoms with E-state index in [1.807, 2.05) is 14.0 Å². The van der Waals surface area contributed by atoms with Crippen LogP contribution in [-0.4, -0.2) is 61.4 Å². The Morgan fingerprint density at radius 1 is 1.50 bits per heavy atom. The number of morpholine rings is 1. The van der Waals surface area contributed by atoms with Crippen molar-refractivity contribution in [3.05, 3.63) is 0 Å². The molecule has 5 heteroatoms. The second kappa shape index (κ2) is 6.00. The first-order valence-corrected chi connectivity index (χ1v) is 7.66. The van der Waals surface area contributed by atoms with E-state index in [2.05, 4.69) is 24.1 Å². The topological polar surface area (TPSA) is 50.8 Å². The lowest BCUT2D eigenvalue weighted by Gasteiger charge is -2.41. The molecule has 0 amide bonds. The lowest BCUT2D eigenvalue weighted by molar-refractivity contribution is -0.151. The predicted octanol–water partition coefficient (Wildman–Crippen LogP) is 1.17. The molecule has 2 unspecified atom stereocenters. The van der Waals surface area contributed by atoms with Crippen LogP contribution in [0.4, 0.5) is 0 Å². The maximum atomic E-state index is 12.2. The van der Waals surface area contributed by atoms with Gasteiger partial charge in [0, 0.05) is 19.1 Å². The minimum Gasteiger partial charge on any atom is -0.465 e. The van der Waals surface area contributed by atoms with Crippen LogP contribution in [0.1, 0.15) is 40.0 Å². The van der Waals surface area contributed by atoms with Gasteiger partial charge in [0.1, 0.15) is 5.54 Å². The van der Waals surface area contributed by atoms with E-state index in [4.69, 9.17) is 9.47 Å². The third-order valence-corrected chi connectivity index (χ3v) is 4.60. The molecular formula is C15H28N2O3. The number of nitrogens with one attached hydrogen (secondary N) is 1. The third kappa shape index (κ3) is 3.15. The van der Waals surface area contributed by atoms with Gasteiger partial charge in [-0.2, -0.15) is 0 Å². The summed E-state index contributed by atoms with van der Waals surface area (Å²) in [6, 6.07) is 0.440. The average molecular weight is 284 g/mol. The molecule has 0 bridgehead atoms. The van der Waals surface area contributed by atoms with Crippen LogP contribution in [0.25, 0.3) is 0 Å². The van der Waals surface area contributed by atoms with Gasteiger partial charge in [0.15, 0.2) is 0 Å². The first-order chi connectivity index (χ1) is 9.42. The number of ether oxygens (including phenoxy) is 2. The zero-order valence-corrected chi connectivity index (χ0v) is 13.2. The Morgan fingerprint density at radius 2 is 2.25 bits per heavy atom. The molecule has 0 aromatic heterocycles. The molecule has 1 heterocycles. The standard InChI is InChI=1S/C15H28N2O3/c1-5-19-13(18)15(16-4)7-6-12(10-15)17-8-9-20-14(2,3)11-17/h12,16H,5-11H2,1-4H3. The quantitative estimate of drug-likeness (QED) is 0.785. The molecule has 0 radical (unpaired) electrons. The van der Waals surface area contributed by atoms with Gasteiger partial charge in [-0.05, 0) is 47.1 Å². The first kappa shape index (κ1) is 15.7. The fraction of sp³-hybridized carbons (Fsp3) is 0.933. The number of esters is 1. The van der Waals surface area contributed by atoms with Gasteiger partial charge in [0.2, 0.25) is 0 Å². The van der Waals surface area contributed by atoms with Crippen molar-refractivity contribution < 1.29 is 14.3 Å². The molecular weight excluding hydrogens is 256 g/mol. The van der Waals surface area contributed by atoms with Crippen molar-refractivity contribution in [3.8, 4) is 0 Å². The number of carbonyl (C=O) groups excluding carboxylic acids is 1. The highest BCUT2D eigenvalue weighted by Crippen LogP contribution is 2.35. The number of hydrogen-bond donors (Lipinski definition) is 1. The third-order valence-electron chi connectivity index (χ3n) is 4.60. The van der Waals surface area contributed by atoms with Gasteiger partial charge in [0.05, 0.1) is 18.8 Å². The molecule has 5 nitrogen and oxygen atoms in total. The van der Waals surface area contributed by atoms with Crippen molar-refractivity contribution in [2.75, 3.05) is 33.4 Å². The molecule has 2 fully saturated rings. The van der Waals surface area contributed by atoms with E-state index in [9.17, 15) is 4.79 Å². The van der Waals surface area contributed by atoms with Gasteiger partial charge in [-0.3, -0.25) is 9.69 Å². The number of likely N-dealkylation sites (N-methyl/N-ethyl adjacent to an activating group) is 1. The number of rotatable bonds is 4. The van der Waals surface area contributed by atoms with E-state index in [1.54, 1.807) is 0 Å². The largest absolute Gasteiger partial charge is 0.465 e. The Bertz CT molecular complexity index is 359. The van der Waals surface area contributed by atoms with Gasteiger partial charge in [-0.15, -0.1) is 0 Å². The van der Waals surface area contributed by atoms with Crippen molar-refractivity contribution in [2.45, 2.75) is 57.2 Å². The van der Waals surface area contributed by atoms with Gasteiger partial charge in [-0.1, -0.05) is 0 Å². The maximum Gasteiger partial charge on any atom is 0.326 e. The Kier molecular flexibility index (Phi) is 4.72. The smallest absolute Gasteiger partial charge is 0.326 e. The lowest BCUT2D eigenvalue weighted by Crippen LogP contribution is -2.54. The normalized spacial score (nSPS) is 34.1. The van der Waals surface area contributed by atoms with E-state index in [0.717, 1.165) is 39.0 Å². The highest BCUT2D eigenvalue weighted by Gasteiger charge is 2.47. The van der Waals surface area contributed by atoms with Crippen molar-refractivity contribution in [1.82, 2.24) is 10.2 Å². The number of nitrogens with zero attached hydrogens (tertiary/aromatic N) is 1. The lowest BCUT2D eigenvalue weighted by atomic mass is 9.97. The molecule has 0 aromatic rings. The van der Waals surface area contributed by atoms with Crippen LogP contribution in [-0.2, 0) is 14.3 Å². The molecule has 0 aromatic carbocycles. The van der Waals surface area contributed by atoms with E-state index in [1.165, 1.54) is 0 Å². The molecule has 116 valence electrons. The van der Waals surface area contributed by atoms with Crippen LogP contribution in [0.15, 0.2) is 0 Å². The summed E-state index contributed by atoms with van der Waals surface area (Å²) in [4.78, 5) is 14.7. The summed E-state index contributed by atoms with van der Waals surface area (Å²) in [5.41, 5.74) is -0.587. The highest BCUT2D eigenvalue weighted by atomic mass is 16.5. The molecule has 0 spiro atoms. The summed E-state index contributed by atoms with van der Waals surface area (Å²) in [6.07, 6.45) is 2.72. The Morgan fingerprint density at radius 3 is 2.85 bits per heavy atom. The van der Waals surface area contributed by atoms with E-state index in [-0.39, 0.29) is 11.6 Å². The van der Waals surface area contributed by atoms with Gasteiger partial charge in [0.25, 0.3) is 0 Å². The second-order valence-electron chi connectivity index (χ2n) is 6.53. The molecule has 1 saturated carbocycles. The van der Waals surface area contributed by atoms with Crippen molar-refractivity contribution in [2.24, 2.45) is 0 Å². The summed E-state index contributed by atoms with van der Waals surface area (Å²) in [6.45, 7) is 9.22. The fourth-order valence-corrected chi connectivity index (χ4v) is 3.48. The monoisotopic (exact) mass is 284 g/mol. The van der Waals surface area contributed by atoms with Crippen LogP contribution in [0, 0.1) is 0 Å². The Balaban J connectivity index is 2.01. The second-order valence-corrected chi connectivity index (χ2v) is 6.53. The molecule has 1 aliphatic heterocycles. The molecule has 2 atom stereocenters. The van der Waals surface area contributed by atoms with Crippen LogP contribution >= 0.6 is 0 Å². The van der Waals surface area contributed by atoms with E-state index >= 15 is 0 Å². The molecule has 1 aliphatic carbocycles. The first-order valence-electron chi connectivity index (χ1n) is 7.66. The van der Waals surface area contributed by atoms with Crippen LogP contribution in [0.5, 0.6) is 0 Å². The highest BCUT2D eigenvalue weighted by molar-refractivity contribution is 5.81. The van der Waals surface area contributed by atoms with E-state index < -0.39 is 5.54 Å². The molecule has 20 heavy (non-hydrogen) atoms. The zero-order chi connectivity index (χ0) is 14.8. The van der Waals surface area contributed by atoms with Crippen molar-refractivity contribution in [3.63, 3.8) is 0 Å². The minimum absolute atomic E-state index is 0.0902. The van der Waals surface area contributed by atoms with Gasteiger partial charge in [-0.25, -0.2) is 0 Å². The SMILES string of the molecule is CCOC(=O)C1(NC)CCC(N2CCOC(C)(C)C2)C1. The van der Waals surface area contributed by atoms with Crippen LogP contribution in [0.3, 0.4) is 0 Å². The fourth-order valence-electron chi connectivity index (χ4n) is 3.48. The van der Waals surface area contributed by atoms with Crippen molar-refractivity contribution >= 4 is 5.97 Å². The van der Waals surface area contributed by atoms with Gasteiger partial charge >= 0.3 is 5.97 Å². The van der Waals surface area contributed by atoms with Crippen LogP contribution in [0.2, 0.25) is 0 Å². The number of carbonyl (C=O) groups is 1. The number of hydrogen-bond acceptors (Lipinski definition) is 5. The molecule has 2 aliphatic rings. The minimum atomic E-state index is -0.497. The molecule has 1 N–H and O–H groups in total. The molecule has 1 saturated heterocycles. The summed E-state index contributed by atoms with van der Waals surface area (Å²) in [5.74, 6) is -0.0995. The molecule has 2 rings (SSSR count). The maximum absolute atomic E-state index is 12.2. The Labute approximate surface area is 122 Å². The average Bonchev–Trinajstić information content (AvgIpc) is 2.83. The Hall–Kier alpha value is -0.650. The summed E-state index contributed by atoms with van der Waals surface area (Å²) >= 11 is 0. The van der Waals surface area contributed by atoms with E-state index in [0.29, 0.717) is 12.6 Å². The predicted molar refractivity (Wildman–Crippen MR) is 77.7 cm³/mol. The summed E-state index contributed by atoms with van der Waals surface area (Å²) < 4.78 is 11.0. The van der Waals surface area contributed by atoms with Crippen LogP contribution < -0.4 is 5.32 Å².